The second kappa shape index (κ2) is 9.89. The van der Waals surface area contributed by atoms with Crippen LogP contribution in [0.5, 0.6) is 0 Å². The average molecular weight is 530 g/mol. The molecule has 0 bridgehead atoms. The van der Waals surface area contributed by atoms with Gasteiger partial charge in [-0.2, -0.15) is 5.26 Å². The molecule has 40 heavy (non-hydrogen) atoms. The molecule has 3 atom stereocenters. The highest BCUT2D eigenvalue weighted by Crippen LogP contribution is 2.47. The summed E-state index contributed by atoms with van der Waals surface area (Å²) in [6.45, 7) is 2.02. The quantitative estimate of drug-likeness (QED) is 0.219. The number of pyridine rings is 1. The van der Waals surface area contributed by atoms with Gasteiger partial charge in [0.05, 0.1) is 17.2 Å². The molecular formula is C36H34FN2O+. The Balaban J connectivity index is 1.34. The van der Waals surface area contributed by atoms with E-state index in [0.29, 0.717) is 22.6 Å². The van der Waals surface area contributed by atoms with Crippen molar-refractivity contribution in [2.75, 3.05) is 0 Å². The van der Waals surface area contributed by atoms with Crippen LogP contribution < -0.4 is 4.57 Å². The van der Waals surface area contributed by atoms with E-state index < -0.39 is 0 Å². The highest BCUT2D eigenvalue weighted by Gasteiger charge is 2.32. The lowest BCUT2D eigenvalue weighted by Gasteiger charge is -2.39. The fraction of sp³-hybridized carbons (Fsp3) is 0.333. The third-order valence-electron chi connectivity index (χ3n) is 9.72. The van der Waals surface area contributed by atoms with Crippen molar-refractivity contribution in [3.05, 3.63) is 89.4 Å². The first-order valence-corrected chi connectivity index (χ1v) is 14.7. The molecule has 4 heteroatoms. The summed E-state index contributed by atoms with van der Waals surface area (Å²) < 4.78 is 22.9. The van der Waals surface area contributed by atoms with Crippen molar-refractivity contribution in [2.45, 2.75) is 57.8 Å². The Morgan fingerprint density at radius 2 is 1.57 bits per heavy atom. The molecule has 3 aromatic carbocycles. The van der Waals surface area contributed by atoms with E-state index in [4.69, 9.17) is 4.42 Å². The maximum atomic E-state index is 14.3. The van der Waals surface area contributed by atoms with Gasteiger partial charge >= 0.3 is 0 Å². The monoisotopic (exact) mass is 529 g/mol. The number of aryl methyl sites for hydroxylation is 2. The molecule has 0 N–H and O–H groups in total. The van der Waals surface area contributed by atoms with Gasteiger partial charge in [-0.25, -0.2) is 8.96 Å². The van der Waals surface area contributed by atoms with Crippen LogP contribution in [0.4, 0.5) is 4.39 Å². The Bertz CT molecular complexity index is 1790. The van der Waals surface area contributed by atoms with Crippen molar-refractivity contribution in [2.24, 2.45) is 18.9 Å². The van der Waals surface area contributed by atoms with E-state index in [2.05, 4.69) is 42.5 Å². The van der Waals surface area contributed by atoms with Crippen LogP contribution >= 0.6 is 0 Å². The minimum atomic E-state index is -0.287. The van der Waals surface area contributed by atoms with Gasteiger partial charge < -0.3 is 4.42 Å². The molecule has 3 nitrogen and oxygen atoms in total. The van der Waals surface area contributed by atoms with Crippen LogP contribution in [0.25, 0.3) is 44.3 Å². The van der Waals surface area contributed by atoms with Crippen molar-refractivity contribution in [3.8, 4) is 28.5 Å². The number of hydrogen-bond acceptors (Lipinski definition) is 2. The van der Waals surface area contributed by atoms with Gasteiger partial charge in [0.1, 0.15) is 24.0 Å². The Labute approximate surface area is 234 Å². The normalized spacial score (nSPS) is 20.9. The maximum absolute atomic E-state index is 14.3. The molecule has 2 saturated carbocycles. The number of benzene rings is 3. The fourth-order valence-electron chi connectivity index (χ4n) is 7.59. The van der Waals surface area contributed by atoms with Crippen LogP contribution in [0.15, 0.2) is 71.3 Å². The zero-order valence-electron chi connectivity index (χ0n) is 23.2. The second-order valence-corrected chi connectivity index (χ2v) is 12.0. The van der Waals surface area contributed by atoms with E-state index in [1.54, 1.807) is 12.3 Å². The number of aromatic nitrogens is 1. The van der Waals surface area contributed by atoms with Gasteiger partial charge in [-0.15, -0.1) is 0 Å². The van der Waals surface area contributed by atoms with Crippen molar-refractivity contribution in [3.63, 3.8) is 0 Å². The number of fused-ring (bicyclic) bond motifs is 4. The number of hydrogen-bond donors (Lipinski definition) is 0. The van der Waals surface area contributed by atoms with Crippen molar-refractivity contribution < 1.29 is 13.4 Å². The SMILES string of the molecule is Cc1ccc2c(oc3c(-c4ccc(C5CCC6CCCCC6C5)cc4)c(C#N)ccc32)c1-c1cc(F)cc[n+]1C. The molecule has 2 heterocycles. The minimum absolute atomic E-state index is 0.287. The van der Waals surface area contributed by atoms with Crippen molar-refractivity contribution in [1.82, 2.24) is 0 Å². The summed E-state index contributed by atoms with van der Waals surface area (Å²) in [5, 5.41) is 12.0. The molecule has 5 aromatic rings. The predicted octanol–water partition coefficient (Wildman–Crippen LogP) is 9.14. The first kappa shape index (κ1) is 25.0. The summed E-state index contributed by atoms with van der Waals surface area (Å²) in [6.07, 6.45) is 11.3. The molecule has 0 radical (unpaired) electrons. The lowest BCUT2D eigenvalue weighted by Crippen LogP contribution is -2.30. The van der Waals surface area contributed by atoms with Gasteiger partial charge in [0.25, 0.3) is 0 Å². The largest absolute Gasteiger partial charge is 0.454 e. The number of nitriles is 1. The molecule has 3 unspecified atom stereocenters. The van der Waals surface area contributed by atoms with E-state index in [1.807, 2.05) is 30.7 Å². The first-order chi connectivity index (χ1) is 19.5. The molecule has 0 aliphatic heterocycles. The average Bonchev–Trinajstić information content (AvgIpc) is 3.36. The molecule has 7 rings (SSSR count). The summed E-state index contributed by atoms with van der Waals surface area (Å²) >= 11 is 0. The summed E-state index contributed by atoms with van der Waals surface area (Å²) in [6, 6.07) is 22.3. The Morgan fingerprint density at radius 3 is 2.35 bits per heavy atom. The molecule has 200 valence electrons. The lowest BCUT2D eigenvalue weighted by molar-refractivity contribution is -0.660. The highest BCUT2D eigenvalue weighted by atomic mass is 19.1. The minimum Gasteiger partial charge on any atom is -0.454 e. The molecule has 2 aliphatic rings. The van der Waals surface area contributed by atoms with Crippen LogP contribution in [0.1, 0.15) is 67.6 Å². The molecule has 0 saturated heterocycles. The fourth-order valence-corrected chi connectivity index (χ4v) is 7.59. The van der Waals surface area contributed by atoms with E-state index in [0.717, 1.165) is 50.6 Å². The van der Waals surface area contributed by atoms with Gasteiger partial charge in [0.15, 0.2) is 6.20 Å². The molecule has 0 amide bonds. The van der Waals surface area contributed by atoms with Crippen LogP contribution in [0, 0.1) is 35.9 Å². The first-order valence-electron chi connectivity index (χ1n) is 14.7. The van der Waals surface area contributed by atoms with Crippen molar-refractivity contribution in [1.29, 1.82) is 5.26 Å². The number of rotatable bonds is 3. The molecule has 2 fully saturated rings. The van der Waals surface area contributed by atoms with E-state index in [9.17, 15) is 9.65 Å². The maximum Gasteiger partial charge on any atom is 0.219 e. The molecule has 2 aliphatic carbocycles. The van der Waals surface area contributed by atoms with Gasteiger partial charge in [-0.3, -0.25) is 0 Å². The van der Waals surface area contributed by atoms with Crippen LogP contribution in [0.2, 0.25) is 0 Å². The van der Waals surface area contributed by atoms with Crippen LogP contribution in [0.3, 0.4) is 0 Å². The van der Waals surface area contributed by atoms with E-state index >= 15 is 0 Å². The van der Waals surface area contributed by atoms with Crippen molar-refractivity contribution >= 4 is 21.9 Å². The summed E-state index contributed by atoms with van der Waals surface area (Å²) in [5.41, 5.74) is 7.87. The zero-order chi connectivity index (χ0) is 27.4. The Hall–Kier alpha value is -3.97. The summed E-state index contributed by atoms with van der Waals surface area (Å²) in [4.78, 5) is 0. The van der Waals surface area contributed by atoms with Crippen LogP contribution in [-0.4, -0.2) is 0 Å². The summed E-state index contributed by atoms with van der Waals surface area (Å²) in [7, 11) is 1.91. The lowest BCUT2D eigenvalue weighted by atomic mass is 9.66. The van der Waals surface area contributed by atoms with Gasteiger partial charge in [0, 0.05) is 28.5 Å². The van der Waals surface area contributed by atoms with E-state index in [1.165, 1.54) is 56.6 Å². The van der Waals surface area contributed by atoms with Gasteiger partial charge in [0.2, 0.25) is 5.69 Å². The zero-order valence-corrected chi connectivity index (χ0v) is 23.2. The van der Waals surface area contributed by atoms with Crippen LogP contribution in [-0.2, 0) is 7.05 Å². The topological polar surface area (TPSA) is 40.8 Å². The molecule has 0 spiro atoms. The summed E-state index contributed by atoms with van der Waals surface area (Å²) in [5.74, 6) is 2.17. The molecule has 2 aromatic heterocycles. The number of nitrogens with zero attached hydrogens (tertiary/aromatic N) is 2. The van der Waals surface area contributed by atoms with Gasteiger partial charge in [-0.1, -0.05) is 62.1 Å². The molecular weight excluding hydrogens is 495 g/mol. The Kier molecular flexibility index (Phi) is 6.19. The predicted molar refractivity (Wildman–Crippen MR) is 157 cm³/mol. The highest BCUT2D eigenvalue weighted by molar-refractivity contribution is 6.14. The standard InChI is InChI=1S/C36H34FN2O/c1-22-7-15-30-31-16-14-28(21-38)34(36(31)40-35(30)33(22)32-20-29(37)17-18-39(32)2)25-11-8-24(9-12-25)27-13-10-23-5-3-4-6-26(23)19-27/h7-9,11-12,14-18,20,23,26-27H,3-6,10,13,19H2,1-2H3/q+1. The third-order valence-corrected chi connectivity index (χ3v) is 9.72. The number of furan rings is 1. The van der Waals surface area contributed by atoms with Gasteiger partial charge in [-0.05, 0) is 72.8 Å². The number of halogens is 1. The smallest absolute Gasteiger partial charge is 0.219 e. The third kappa shape index (κ3) is 4.11. The van der Waals surface area contributed by atoms with E-state index in [-0.39, 0.29) is 5.82 Å². The Morgan fingerprint density at radius 1 is 0.850 bits per heavy atom. The second-order valence-electron chi connectivity index (χ2n) is 12.0.